The highest BCUT2D eigenvalue weighted by Gasteiger charge is 2.37. The lowest BCUT2D eigenvalue weighted by Gasteiger charge is -2.22. The van der Waals surface area contributed by atoms with E-state index in [4.69, 9.17) is 22.7 Å². The summed E-state index contributed by atoms with van der Waals surface area (Å²) in [5.41, 5.74) is 0. The van der Waals surface area contributed by atoms with Crippen LogP contribution in [0.15, 0.2) is 0 Å². The lowest BCUT2D eigenvalue weighted by atomic mass is 10.0. The molecule has 0 unspecified atom stereocenters. The summed E-state index contributed by atoms with van der Waals surface area (Å²) in [5.74, 6) is -0.379. The number of phosphoric ester groups is 1. The van der Waals surface area contributed by atoms with Gasteiger partial charge in [-0.05, 0) is 12.7 Å². The molecule has 0 bridgehead atoms. The van der Waals surface area contributed by atoms with E-state index < -0.39 is 20.0 Å². The minimum atomic E-state index is -4.57. The van der Waals surface area contributed by atoms with Gasteiger partial charge in [-0.15, -0.1) is 0 Å². The molecule has 1 amide bonds. The summed E-state index contributed by atoms with van der Waals surface area (Å²) in [5, 5.41) is 9.01. The molecule has 1 rings (SSSR count). The van der Waals surface area contributed by atoms with E-state index in [2.05, 4.69) is 4.52 Å². The predicted molar refractivity (Wildman–Crippen MR) is 54.7 cm³/mol. The zero-order valence-corrected chi connectivity index (χ0v) is 9.42. The molecule has 1 aliphatic rings. The van der Waals surface area contributed by atoms with Crippen LogP contribution in [0.25, 0.3) is 0 Å². The minimum absolute atomic E-state index is 0.0341. The molecular formula is C7H13BNO6P. The monoisotopic (exact) mass is 249 g/mol. The van der Waals surface area contributed by atoms with Crippen molar-refractivity contribution in [2.24, 2.45) is 0 Å². The number of hydrogen-bond donors (Lipinski definition) is 3. The standard InChI is InChI=1S/C7H13BNO6P/c8-2-7(11)9-3-6(1-5(9)4-10)15-16(12,13)14/h5-6,10H,1-4H2,(H2,12,13,14)/t5-,6+/m0/s1. The molecule has 1 heterocycles. The van der Waals surface area contributed by atoms with Crippen LogP contribution < -0.4 is 0 Å². The van der Waals surface area contributed by atoms with Gasteiger partial charge < -0.3 is 19.8 Å². The molecule has 1 fully saturated rings. The van der Waals surface area contributed by atoms with E-state index in [0.717, 1.165) is 0 Å². The maximum absolute atomic E-state index is 11.3. The summed E-state index contributed by atoms with van der Waals surface area (Å²) in [7, 11) is 0.606. The van der Waals surface area contributed by atoms with Crippen LogP contribution in [0.4, 0.5) is 0 Å². The SMILES string of the molecule is [B]CC(=O)N1C[C@H](OP(=O)(O)O)C[C@H]1CO. The van der Waals surface area contributed by atoms with Gasteiger partial charge in [0.05, 0.1) is 26.6 Å². The zero-order chi connectivity index (χ0) is 12.3. The molecule has 16 heavy (non-hydrogen) atoms. The van der Waals surface area contributed by atoms with Crippen LogP contribution in [-0.2, 0) is 13.9 Å². The molecule has 0 aromatic carbocycles. The first-order chi connectivity index (χ1) is 7.37. The quantitative estimate of drug-likeness (QED) is 0.419. The molecule has 3 N–H and O–H groups in total. The fourth-order valence-corrected chi connectivity index (χ4v) is 2.28. The van der Waals surface area contributed by atoms with Gasteiger partial charge in [0, 0.05) is 6.54 Å². The molecule has 90 valence electrons. The highest BCUT2D eigenvalue weighted by atomic mass is 31.2. The number of nitrogens with zero attached hydrogens (tertiary/aromatic N) is 1. The minimum Gasteiger partial charge on any atom is -0.394 e. The van der Waals surface area contributed by atoms with Crippen molar-refractivity contribution in [1.82, 2.24) is 4.90 Å². The second-order valence-electron chi connectivity index (χ2n) is 3.54. The molecule has 2 radical (unpaired) electrons. The van der Waals surface area contributed by atoms with Crippen LogP contribution in [0.5, 0.6) is 0 Å². The van der Waals surface area contributed by atoms with Crippen LogP contribution in [0.1, 0.15) is 6.42 Å². The summed E-state index contributed by atoms with van der Waals surface area (Å²) >= 11 is 0. The lowest BCUT2D eigenvalue weighted by molar-refractivity contribution is -0.130. The van der Waals surface area contributed by atoms with Crippen LogP contribution in [0.3, 0.4) is 0 Å². The average Bonchev–Trinajstić information content (AvgIpc) is 2.57. The number of aliphatic hydroxyl groups excluding tert-OH is 1. The Morgan fingerprint density at radius 3 is 2.62 bits per heavy atom. The first kappa shape index (κ1) is 13.7. The van der Waals surface area contributed by atoms with Crippen molar-refractivity contribution >= 4 is 21.6 Å². The van der Waals surface area contributed by atoms with Crippen LogP contribution in [-0.4, -0.2) is 58.8 Å². The predicted octanol–water partition coefficient (Wildman–Crippen LogP) is -1.36. The van der Waals surface area contributed by atoms with E-state index in [0.29, 0.717) is 0 Å². The van der Waals surface area contributed by atoms with Gasteiger partial charge in [-0.3, -0.25) is 9.32 Å². The molecule has 0 aromatic heterocycles. The first-order valence-electron chi connectivity index (χ1n) is 4.71. The maximum atomic E-state index is 11.3. The van der Waals surface area contributed by atoms with Gasteiger partial charge >= 0.3 is 7.82 Å². The fourth-order valence-electron chi connectivity index (χ4n) is 1.74. The van der Waals surface area contributed by atoms with Gasteiger partial charge in [-0.1, -0.05) is 0 Å². The fraction of sp³-hybridized carbons (Fsp3) is 0.857. The zero-order valence-electron chi connectivity index (χ0n) is 8.52. The lowest BCUT2D eigenvalue weighted by Crippen LogP contribution is -2.37. The van der Waals surface area contributed by atoms with Gasteiger partial charge in [-0.2, -0.15) is 0 Å². The number of rotatable bonds is 4. The number of carbonyl (C=O) groups excluding carboxylic acids is 1. The molecule has 2 atom stereocenters. The van der Waals surface area contributed by atoms with Crippen molar-refractivity contribution in [3.05, 3.63) is 0 Å². The van der Waals surface area contributed by atoms with Crippen molar-refractivity contribution in [2.45, 2.75) is 24.9 Å². The van der Waals surface area contributed by atoms with Crippen molar-refractivity contribution in [3.63, 3.8) is 0 Å². The van der Waals surface area contributed by atoms with Gasteiger partial charge in [-0.25, -0.2) is 4.57 Å². The van der Waals surface area contributed by atoms with E-state index in [9.17, 15) is 9.36 Å². The third-order valence-corrected chi connectivity index (χ3v) is 2.94. The number of amides is 1. The molecule has 9 heteroatoms. The number of aliphatic hydroxyl groups is 1. The number of carbonyl (C=O) groups is 1. The Kier molecular flexibility index (Phi) is 4.52. The van der Waals surface area contributed by atoms with Crippen molar-refractivity contribution in [1.29, 1.82) is 0 Å². The molecular weight excluding hydrogens is 236 g/mol. The van der Waals surface area contributed by atoms with Crippen molar-refractivity contribution in [3.8, 4) is 0 Å². The van der Waals surface area contributed by atoms with E-state index in [-0.39, 0.29) is 31.8 Å². The van der Waals surface area contributed by atoms with Crippen LogP contribution in [0, 0.1) is 0 Å². The number of likely N-dealkylation sites (tertiary alicyclic amines) is 1. The Labute approximate surface area is 94.0 Å². The van der Waals surface area contributed by atoms with Crippen LogP contribution >= 0.6 is 7.82 Å². The smallest absolute Gasteiger partial charge is 0.394 e. The summed E-state index contributed by atoms with van der Waals surface area (Å²) in [6.07, 6.45) is -0.791. The first-order valence-corrected chi connectivity index (χ1v) is 6.24. The van der Waals surface area contributed by atoms with E-state index in [1.54, 1.807) is 0 Å². The molecule has 7 nitrogen and oxygen atoms in total. The Morgan fingerprint density at radius 2 is 2.19 bits per heavy atom. The van der Waals surface area contributed by atoms with Gasteiger partial charge in [0.25, 0.3) is 0 Å². The summed E-state index contributed by atoms with van der Waals surface area (Å²) in [6, 6.07) is -0.493. The van der Waals surface area contributed by atoms with E-state index in [1.165, 1.54) is 4.90 Å². The van der Waals surface area contributed by atoms with E-state index in [1.807, 2.05) is 0 Å². The molecule has 0 saturated carbocycles. The Balaban J connectivity index is 2.63. The maximum Gasteiger partial charge on any atom is 0.469 e. The third-order valence-electron chi connectivity index (χ3n) is 2.37. The second-order valence-corrected chi connectivity index (χ2v) is 4.73. The van der Waals surface area contributed by atoms with E-state index >= 15 is 0 Å². The summed E-state index contributed by atoms with van der Waals surface area (Å²) < 4.78 is 15.1. The Hall–Kier alpha value is -0.395. The number of phosphoric acid groups is 1. The molecule has 1 saturated heterocycles. The highest BCUT2D eigenvalue weighted by molar-refractivity contribution is 7.46. The van der Waals surface area contributed by atoms with Gasteiger partial charge in [0.1, 0.15) is 0 Å². The Morgan fingerprint density at radius 1 is 1.56 bits per heavy atom. The van der Waals surface area contributed by atoms with Gasteiger partial charge in [0.2, 0.25) is 5.91 Å². The third kappa shape index (κ3) is 3.57. The Bertz CT molecular complexity index is 307. The summed E-state index contributed by atoms with van der Waals surface area (Å²) in [4.78, 5) is 29.8. The summed E-state index contributed by atoms with van der Waals surface area (Å²) in [6.45, 7) is -0.251. The van der Waals surface area contributed by atoms with Gasteiger partial charge in [0.15, 0.2) is 0 Å². The van der Waals surface area contributed by atoms with Crippen LogP contribution in [0.2, 0.25) is 6.32 Å². The molecule has 0 aliphatic carbocycles. The molecule has 1 aliphatic heterocycles. The molecule has 0 spiro atoms. The normalized spacial score (nSPS) is 26.1. The largest absolute Gasteiger partial charge is 0.469 e. The van der Waals surface area contributed by atoms with Crippen molar-refractivity contribution < 1.29 is 28.8 Å². The van der Waals surface area contributed by atoms with Crippen molar-refractivity contribution in [2.75, 3.05) is 13.2 Å². The average molecular weight is 249 g/mol. The highest BCUT2D eigenvalue weighted by Crippen LogP contribution is 2.40. The molecule has 0 aromatic rings. The second kappa shape index (κ2) is 5.29. The topological polar surface area (TPSA) is 107 Å². The number of hydrogen-bond acceptors (Lipinski definition) is 4.